The van der Waals surface area contributed by atoms with Crippen LogP contribution < -0.4 is 5.43 Å². The van der Waals surface area contributed by atoms with Crippen molar-refractivity contribution in [2.45, 2.75) is 6.54 Å². The summed E-state index contributed by atoms with van der Waals surface area (Å²) in [6, 6.07) is 3.77. The third kappa shape index (κ3) is 1.90. The molecule has 0 saturated carbocycles. The monoisotopic (exact) mass is 220 g/mol. The first-order chi connectivity index (χ1) is 7.68. The Morgan fingerprint density at radius 2 is 2.19 bits per heavy atom. The maximum atomic E-state index is 10.9. The van der Waals surface area contributed by atoms with E-state index in [1.165, 1.54) is 6.20 Å². The van der Waals surface area contributed by atoms with Gasteiger partial charge in [-0.25, -0.2) is 4.79 Å². The van der Waals surface area contributed by atoms with Gasteiger partial charge >= 0.3 is 5.97 Å². The molecule has 6 nitrogen and oxygen atoms in total. The largest absolute Gasteiger partial charge is 0.478 e. The Morgan fingerprint density at radius 1 is 1.50 bits per heavy atom. The van der Waals surface area contributed by atoms with E-state index in [0.29, 0.717) is 12.2 Å². The van der Waals surface area contributed by atoms with Crippen molar-refractivity contribution in [1.82, 2.24) is 14.5 Å². The van der Waals surface area contributed by atoms with E-state index in [0.717, 1.165) is 0 Å². The van der Waals surface area contributed by atoms with Crippen molar-refractivity contribution >= 4 is 5.97 Å². The number of aromatic nitrogens is 3. The van der Waals surface area contributed by atoms with Crippen LogP contribution in [0.15, 0.2) is 30.7 Å². The maximum absolute atomic E-state index is 10.9. The summed E-state index contributed by atoms with van der Waals surface area (Å²) in [6.07, 6.45) is 5.04. The molecule has 2 N–H and O–H groups in total. The van der Waals surface area contributed by atoms with Crippen LogP contribution >= 0.6 is 0 Å². The Balaban J connectivity index is 2.14. The lowest BCUT2D eigenvalue weighted by Crippen LogP contribution is -2.16. The molecule has 0 bridgehead atoms. The van der Waals surface area contributed by atoms with Crippen molar-refractivity contribution in [2.24, 2.45) is 7.05 Å². The molecule has 16 heavy (non-hydrogen) atoms. The molecule has 6 heteroatoms. The van der Waals surface area contributed by atoms with Crippen molar-refractivity contribution < 1.29 is 9.90 Å². The van der Waals surface area contributed by atoms with Gasteiger partial charge in [-0.3, -0.25) is 9.36 Å². The van der Waals surface area contributed by atoms with Crippen molar-refractivity contribution in [1.29, 1.82) is 0 Å². The lowest BCUT2D eigenvalue weighted by Gasteiger charge is -2.08. The molecule has 0 aliphatic rings. The first-order valence-electron chi connectivity index (χ1n) is 4.79. The van der Waals surface area contributed by atoms with Crippen molar-refractivity contribution in [3.05, 3.63) is 42.0 Å². The van der Waals surface area contributed by atoms with Crippen LogP contribution in [0.2, 0.25) is 0 Å². The van der Waals surface area contributed by atoms with Gasteiger partial charge in [0.05, 0.1) is 18.4 Å². The number of aromatic carboxylic acids is 1. The fourth-order valence-electron chi connectivity index (χ4n) is 1.46. The molecule has 0 spiro atoms. The van der Waals surface area contributed by atoms with E-state index in [9.17, 15) is 4.79 Å². The second-order valence-electron chi connectivity index (χ2n) is 3.36. The summed E-state index contributed by atoms with van der Waals surface area (Å²) in [5.41, 5.74) is 3.92. The van der Waals surface area contributed by atoms with Gasteiger partial charge in [0.1, 0.15) is 5.56 Å². The van der Waals surface area contributed by atoms with Gasteiger partial charge in [-0.05, 0) is 12.1 Å². The van der Waals surface area contributed by atoms with Crippen LogP contribution in [0.5, 0.6) is 0 Å². The second-order valence-corrected chi connectivity index (χ2v) is 3.36. The number of carboxylic acid groups (broad SMARTS) is 1. The quantitative estimate of drug-likeness (QED) is 0.794. The normalized spacial score (nSPS) is 10.3. The molecule has 2 rings (SSSR count). The number of nitrogens with zero attached hydrogens (tertiary/aromatic N) is 3. The number of carbonyl (C=O) groups is 1. The zero-order chi connectivity index (χ0) is 11.5. The van der Waals surface area contributed by atoms with E-state index < -0.39 is 5.97 Å². The van der Waals surface area contributed by atoms with Crippen molar-refractivity contribution in [2.75, 3.05) is 5.43 Å². The van der Waals surface area contributed by atoms with Gasteiger partial charge in [-0.1, -0.05) is 0 Å². The molecule has 0 radical (unpaired) electrons. The Kier molecular flexibility index (Phi) is 2.63. The average Bonchev–Trinajstić information content (AvgIpc) is 2.84. The third-order valence-corrected chi connectivity index (χ3v) is 2.33. The van der Waals surface area contributed by atoms with Gasteiger partial charge in [0.2, 0.25) is 0 Å². The van der Waals surface area contributed by atoms with Crippen LogP contribution in [-0.2, 0) is 13.6 Å². The Hall–Kier alpha value is -2.24. The highest BCUT2D eigenvalue weighted by atomic mass is 16.4. The van der Waals surface area contributed by atoms with E-state index >= 15 is 0 Å². The van der Waals surface area contributed by atoms with Crippen molar-refractivity contribution in [3.63, 3.8) is 0 Å². The minimum absolute atomic E-state index is 0.224. The molecule has 0 unspecified atom stereocenters. The van der Waals surface area contributed by atoms with Crippen LogP contribution in [0.25, 0.3) is 0 Å². The predicted octanol–water partition coefficient (Wildman–Crippen LogP) is 0.663. The van der Waals surface area contributed by atoms with Gasteiger partial charge in [-0.2, -0.15) is 5.10 Å². The second kappa shape index (κ2) is 4.09. The minimum atomic E-state index is -0.961. The van der Waals surface area contributed by atoms with Gasteiger partial charge < -0.3 is 10.5 Å². The number of hydrogen-bond donors (Lipinski definition) is 2. The molecule has 84 valence electrons. The van der Waals surface area contributed by atoms with E-state index in [1.54, 1.807) is 16.4 Å². The first-order valence-corrected chi connectivity index (χ1v) is 4.79. The van der Waals surface area contributed by atoms with Gasteiger partial charge in [0, 0.05) is 19.4 Å². The molecular formula is C10H12N4O2. The zero-order valence-electron chi connectivity index (χ0n) is 8.79. The number of hydrogen-bond acceptors (Lipinski definition) is 3. The fourth-order valence-corrected chi connectivity index (χ4v) is 1.46. The molecular weight excluding hydrogens is 208 g/mol. The summed E-state index contributed by atoms with van der Waals surface area (Å²) < 4.78 is 3.32. The zero-order valence-corrected chi connectivity index (χ0v) is 8.79. The molecule has 0 fully saturated rings. The van der Waals surface area contributed by atoms with Crippen LogP contribution in [-0.4, -0.2) is 25.5 Å². The molecule has 0 aromatic carbocycles. The summed E-state index contributed by atoms with van der Waals surface area (Å²) in [5.74, 6) is -0.961. The highest BCUT2D eigenvalue weighted by Gasteiger charge is 2.14. The molecule has 0 saturated heterocycles. The SMILES string of the molecule is Cn1ncc(C(=O)O)c1CNn1cccc1. The lowest BCUT2D eigenvalue weighted by atomic mass is 10.2. The Bertz CT molecular complexity index is 487. The molecule has 0 amide bonds. The summed E-state index contributed by atoms with van der Waals surface area (Å²) in [4.78, 5) is 10.9. The van der Waals surface area contributed by atoms with Crippen LogP contribution in [0, 0.1) is 0 Å². The van der Waals surface area contributed by atoms with Gasteiger partial charge in [0.15, 0.2) is 0 Å². The average molecular weight is 220 g/mol. The van der Waals surface area contributed by atoms with Crippen LogP contribution in [0.4, 0.5) is 0 Å². The van der Waals surface area contributed by atoms with Crippen LogP contribution in [0.3, 0.4) is 0 Å². The highest BCUT2D eigenvalue weighted by molar-refractivity contribution is 5.88. The van der Waals surface area contributed by atoms with E-state index in [4.69, 9.17) is 5.11 Å². The minimum Gasteiger partial charge on any atom is -0.478 e. The first kappa shape index (κ1) is 10.3. The third-order valence-electron chi connectivity index (χ3n) is 2.33. The highest BCUT2D eigenvalue weighted by Crippen LogP contribution is 2.07. The topological polar surface area (TPSA) is 72.1 Å². The molecule has 2 aromatic rings. The fraction of sp³-hybridized carbons (Fsp3) is 0.200. The smallest absolute Gasteiger partial charge is 0.339 e. The van der Waals surface area contributed by atoms with Crippen LogP contribution in [0.1, 0.15) is 16.1 Å². The summed E-state index contributed by atoms with van der Waals surface area (Å²) >= 11 is 0. The molecule has 0 aliphatic heterocycles. The summed E-state index contributed by atoms with van der Waals surface area (Å²) in [7, 11) is 1.72. The molecule has 2 heterocycles. The summed E-state index contributed by atoms with van der Waals surface area (Å²) in [5, 5.41) is 12.9. The van der Waals surface area contributed by atoms with Gasteiger partial charge in [-0.15, -0.1) is 0 Å². The standard InChI is InChI=1S/C10H12N4O2/c1-13-9(8(6-11-13)10(15)16)7-12-14-4-2-3-5-14/h2-6,12H,7H2,1H3,(H,15,16). The Labute approximate surface area is 92.1 Å². The molecule has 0 atom stereocenters. The number of rotatable bonds is 4. The Morgan fingerprint density at radius 3 is 2.81 bits per heavy atom. The predicted molar refractivity (Wildman–Crippen MR) is 57.7 cm³/mol. The lowest BCUT2D eigenvalue weighted by molar-refractivity contribution is 0.0695. The van der Waals surface area contributed by atoms with E-state index in [-0.39, 0.29) is 5.56 Å². The maximum Gasteiger partial charge on any atom is 0.339 e. The molecule has 0 aliphatic carbocycles. The summed E-state index contributed by atoms with van der Waals surface area (Å²) in [6.45, 7) is 0.410. The number of aryl methyl sites for hydroxylation is 1. The van der Waals surface area contributed by atoms with E-state index in [2.05, 4.69) is 10.5 Å². The number of nitrogens with one attached hydrogen (secondary N) is 1. The van der Waals surface area contributed by atoms with Gasteiger partial charge in [0.25, 0.3) is 0 Å². The van der Waals surface area contributed by atoms with E-state index in [1.807, 2.05) is 24.5 Å². The molecule has 2 aromatic heterocycles. The number of carboxylic acids is 1. The van der Waals surface area contributed by atoms with Crippen molar-refractivity contribution in [3.8, 4) is 0 Å².